The fourth-order valence-electron chi connectivity index (χ4n) is 3.08. The Hall–Kier alpha value is -3.33. The molecule has 0 radical (unpaired) electrons. The number of allylic oxidation sites excluding steroid dienone is 1. The number of carbonyl (C=O) groups excluding carboxylic acids is 3. The average Bonchev–Trinajstić information content (AvgIpc) is 2.72. The van der Waals surface area contributed by atoms with Crippen LogP contribution in [-0.4, -0.2) is 37.1 Å². The van der Waals surface area contributed by atoms with Gasteiger partial charge in [-0.2, -0.15) is 0 Å². The Bertz CT molecular complexity index is 1020. The van der Waals surface area contributed by atoms with Crippen LogP contribution in [0.5, 0.6) is 0 Å². The lowest BCUT2D eigenvalue weighted by Crippen LogP contribution is -2.46. The van der Waals surface area contributed by atoms with Gasteiger partial charge in [-0.15, -0.1) is 0 Å². The zero-order chi connectivity index (χ0) is 21.8. The lowest BCUT2D eigenvalue weighted by atomic mass is 9.95. The van der Waals surface area contributed by atoms with E-state index in [-0.39, 0.29) is 12.1 Å². The zero-order valence-corrected chi connectivity index (χ0v) is 18.2. The van der Waals surface area contributed by atoms with Gasteiger partial charge in [-0.1, -0.05) is 34.1 Å². The van der Waals surface area contributed by atoms with Gasteiger partial charge in [-0.25, -0.2) is 14.4 Å². The van der Waals surface area contributed by atoms with Crippen molar-refractivity contribution in [3.05, 3.63) is 69.8 Å². The predicted octanol–water partition coefficient (Wildman–Crippen LogP) is 4.24. The molecule has 30 heavy (non-hydrogen) atoms. The van der Waals surface area contributed by atoms with Gasteiger partial charge in [0.25, 0.3) is 0 Å². The molecule has 1 aliphatic heterocycles. The fourth-order valence-corrected chi connectivity index (χ4v) is 3.48. The molecule has 0 saturated heterocycles. The van der Waals surface area contributed by atoms with E-state index in [0.717, 1.165) is 4.47 Å². The smallest absolute Gasteiger partial charge is 0.337 e. The van der Waals surface area contributed by atoms with Gasteiger partial charge in [0.1, 0.15) is 0 Å². The molecule has 0 fully saturated rings. The van der Waals surface area contributed by atoms with Crippen LogP contribution < -0.4 is 16.0 Å². The van der Waals surface area contributed by atoms with E-state index in [9.17, 15) is 14.4 Å². The Balaban J connectivity index is 1.76. The third-order valence-corrected chi connectivity index (χ3v) is 5.24. The standard InChI is InChI=1S/C21H21BrN4O4/c1-12-17(19(27)30-3)18(25-21(29)26(12)2)13-7-9-15(10-8-13)23-20(28)24-16-6-4-5-14(22)11-16/h4-11,18H,1-3H3,(H,25,29)(H2,23,24,28). The number of halogens is 1. The molecule has 3 rings (SSSR count). The number of rotatable bonds is 4. The topological polar surface area (TPSA) is 99.8 Å². The molecule has 4 amide bonds. The van der Waals surface area contributed by atoms with Crippen LogP contribution in [0.15, 0.2) is 64.3 Å². The molecular weight excluding hydrogens is 452 g/mol. The Morgan fingerprint density at radius 1 is 1.10 bits per heavy atom. The van der Waals surface area contributed by atoms with E-state index in [1.54, 1.807) is 50.4 Å². The molecule has 1 heterocycles. The van der Waals surface area contributed by atoms with Crippen molar-refractivity contribution >= 4 is 45.3 Å². The van der Waals surface area contributed by atoms with Crippen molar-refractivity contribution in [2.24, 2.45) is 0 Å². The summed E-state index contributed by atoms with van der Waals surface area (Å²) in [6.07, 6.45) is 0. The SMILES string of the molecule is COC(=O)C1=C(C)N(C)C(=O)NC1c1ccc(NC(=O)Nc2cccc(Br)c2)cc1. The van der Waals surface area contributed by atoms with E-state index in [0.29, 0.717) is 28.2 Å². The molecule has 2 aromatic rings. The van der Waals surface area contributed by atoms with Crippen molar-refractivity contribution in [3.63, 3.8) is 0 Å². The molecule has 1 aliphatic rings. The molecule has 8 nitrogen and oxygen atoms in total. The highest BCUT2D eigenvalue weighted by molar-refractivity contribution is 9.10. The third-order valence-electron chi connectivity index (χ3n) is 4.74. The van der Waals surface area contributed by atoms with E-state index < -0.39 is 12.0 Å². The van der Waals surface area contributed by atoms with E-state index in [4.69, 9.17) is 4.74 Å². The van der Waals surface area contributed by atoms with E-state index in [2.05, 4.69) is 31.9 Å². The number of anilines is 2. The summed E-state index contributed by atoms with van der Waals surface area (Å²) in [7, 11) is 2.88. The fraction of sp³-hybridized carbons (Fsp3) is 0.190. The zero-order valence-electron chi connectivity index (χ0n) is 16.7. The molecule has 0 spiro atoms. The molecule has 0 bridgehead atoms. The summed E-state index contributed by atoms with van der Waals surface area (Å²) in [5.41, 5.74) is 2.77. The molecule has 0 saturated carbocycles. The molecule has 156 valence electrons. The Morgan fingerprint density at radius 2 is 1.77 bits per heavy atom. The highest BCUT2D eigenvalue weighted by atomic mass is 79.9. The summed E-state index contributed by atoms with van der Waals surface area (Å²) in [4.78, 5) is 38.1. The number of carbonyl (C=O) groups is 3. The third kappa shape index (κ3) is 4.62. The number of esters is 1. The molecule has 1 unspecified atom stereocenters. The van der Waals surface area contributed by atoms with Crippen LogP contribution in [0.25, 0.3) is 0 Å². The van der Waals surface area contributed by atoms with Crippen LogP contribution in [0, 0.1) is 0 Å². The molecule has 9 heteroatoms. The first-order valence-corrected chi connectivity index (χ1v) is 9.86. The summed E-state index contributed by atoms with van der Waals surface area (Å²) in [5.74, 6) is -0.514. The first kappa shape index (κ1) is 21.4. The van der Waals surface area contributed by atoms with Gasteiger partial charge in [0.05, 0.1) is 18.7 Å². The quantitative estimate of drug-likeness (QED) is 0.579. The Kier molecular flexibility index (Phi) is 6.41. The number of nitrogens with one attached hydrogen (secondary N) is 3. The second-order valence-electron chi connectivity index (χ2n) is 6.64. The van der Waals surface area contributed by atoms with Crippen molar-refractivity contribution in [2.75, 3.05) is 24.8 Å². The summed E-state index contributed by atoms with van der Waals surface area (Å²) < 4.78 is 5.75. The lowest BCUT2D eigenvalue weighted by molar-refractivity contribution is -0.136. The van der Waals surface area contributed by atoms with Gasteiger partial charge in [-0.3, -0.25) is 0 Å². The van der Waals surface area contributed by atoms with Crippen LogP contribution >= 0.6 is 15.9 Å². The van der Waals surface area contributed by atoms with E-state index in [1.807, 2.05) is 12.1 Å². The number of urea groups is 2. The van der Waals surface area contributed by atoms with E-state index >= 15 is 0 Å². The lowest BCUT2D eigenvalue weighted by Gasteiger charge is -2.33. The first-order valence-electron chi connectivity index (χ1n) is 9.07. The minimum Gasteiger partial charge on any atom is -0.466 e. The van der Waals surface area contributed by atoms with Gasteiger partial charge in [0, 0.05) is 28.6 Å². The normalized spacial score (nSPS) is 16.1. The van der Waals surface area contributed by atoms with Crippen molar-refractivity contribution in [3.8, 4) is 0 Å². The van der Waals surface area contributed by atoms with Crippen molar-refractivity contribution < 1.29 is 19.1 Å². The minimum atomic E-state index is -0.648. The van der Waals surface area contributed by atoms with Crippen molar-refractivity contribution in [1.82, 2.24) is 10.2 Å². The Morgan fingerprint density at radius 3 is 2.40 bits per heavy atom. The monoisotopic (exact) mass is 472 g/mol. The molecular formula is C21H21BrN4O4. The van der Waals surface area contributed by atoms with Crippen LogP contribution in [0.2, 0.25) is 0 Å². The van der Waals surface area contributed by atoms with Gasteiger partial charge in [0.15, 0.2) is 0 Å². The highest BCUT2D eigenvalue weighted by Gasteiger charge is 2.34. The molecule has 2 aromatic carbocycles. The van der Waals surface area contributed by atoms with Crippen LogP contribution in [0.1, 0.15) is 18.5 Å². The number of nitrogens with zero attached hydrogens (tertiary/aromatic N) is 1. The number of benzene rings is 2. The molecule has 0 aromatic heterocycles. The summed E-state index contributed by atoms with van der Waals surface area (Å²) in [6.45, 7) is 1.69. The highest BCUT2D eigenvalue weighted by Crippen LogP contribution is 2.31. The average molecular weight is 473 g/mol. The number of ether oxygens (including phenoxy) is 1. The predicted molar refractivity (Wildman–Crippen MR) is 117 cm³/mol. The van der Waals surface area contributed by atoms with Gasteiger partial charge >= 0.3 is 18.0 Å². The minimum absolute atomic E-state index is 0.319. The summed E-state index contributed by atoms with van der Waals surface area (Å²) in [6, 6.07) is 12.8. The molecule has 1 atom stereocenters. The Labute approximate surface area is 182 Å². The van der Waals surface area contributed by atoms with E-state index in [1.165, 1.54) is 12.0 Å². The molecule has 0 aliphatic carbocycles. The van der Waals surface area contributed by atoms with Gasteiger partial charge in [0.2, 0.25) is 0 Å². The van der Waals surface area contributed by atoms with Gasteiger partial charge in [-0.05, 0) is 42.8 Å². The summed E-state index contributed by atoms with van der Waals surface area (Å²) in [5, 5.41) is 8.29. The number of hydrogen-bond donors (Lipinski definition) is 3. The second-order valence-corrected chi connectivity index (χ2v) is 7.56. The second kappa shape index (κ2) is 9.00. The maximum atomic E-state index is 12.3. The van der Waals surface area contributed by atoms with Crippen LogP contribution in [-0.2, 0) is 9.53 Å². The maximum absolute atomic E-state index is 12.3. The maximum Gasteiger partial charge on any atom is 0.337 e. The number of methoxy groups -OCH3 is 1. The number of amides is 4. The van der Waals surface area contributed by atoms with Crippen molar-refractivity contribution in [2.45, 2.75) is 13.0 Å². The first-order chi connectivity index (χ1) is 14.3. The molecule has 3 N–H and O–H groups in total. The largest absolute Gasteiger partial charge is 0.466 e. The summed E-state index contributed by atoms with van der Waals surface area (Å²) >= 11 is 3.36. The van der Waals surface area contributed by atoms with Crippen LogP contribution in [0.3, 0.4) is 0 Å². The van der Waals surface area contributed by atoms with Gasteiger partial charge < -0.3 is 25.6 Å². The van der Waals surface area contributed by atoms with Crippen molar-refractivity contribution in [1.29, 1.82) is 0 Å². The number of hydrogen-bond acceptors (Lipinski definition) is 4. The van der Waals surface area contributed by atoms with Crippen LogP contribution in [0.4, 0.5) is 21.0 Å².